The van der Waals surface area contributed by atoms with Gasteiger partial charge in [-0.15, -0.1) is 0 Å². The van der Waals surface area contributed by atoms with Crippen LogP contribution in [0.15, 0.2) is 0 Å². The summed E-state index contributed by atoms with van der Waals surface area (Å²) in [6, 6.07) is -3.28. The van der Waals surface area contributed by atoms with Gasteiger partial charge in [-0.3, -0.25) is 4.79 Å². The van der Waals surface area contributed by atoms with Crippen LogP contribution in [0, 0.1) is 5.92 Å². The number of aliphatic hydroxyl groups is 6. The van der Waals surface area contributed by atoms with Crippen molar-refractivity contribution in [2.24, 2.45) is 34.6 Å². The van der Waals surface area contributed by atoms with Crippen LogP contribution in [-0.2, 0) is 23.7 Å². The summed E-state index contributed by atoms with van der Waals surface area (Å²) in [7, 11) is 0. The minimum absolute atomic E-state index is 0.0197. The zero-order valence-electron chi connectivity index (χ0n) is 24.1. The minimum atomic E-state index is -1.68. The number of nitrogens with one attached hydrogen (secondary N) is 1. The number of carbonyl (C=O) groups excluding carboxylic acids is 1. The van der Waals surface area contributed by atoms with Crippen LogP contribution in [0.3, 0.4) is 0 Å². The maximum Gasteiger partial charge on any atom is 0.186 e. The van der Waals surface area contributed by atoms with Crippen LogP contribution in [0.25, 0.3) is 0 Å². The van der Waals surface area contributed by atoms with E-state index in [-0.39, 0.29) is 32.2 Å². The number of hydrogen-bond acceptors (Lipinski definition) is 17. The van der Waals surface area contributed by atoms with Crippen molar-refractivity contribution >= 4 is 5.78 Å². The lowest BCUT2D eigenvalue weighted by Gasteiger charge is -2.49. The molecule has 17 heteroatoms. The van der Waals surface area contributed by atoms with E-state index in [1.54, 1.807) is 0 Å². The molecule has 16 atom stereocenters. The van der Waals surface area contributed by atoms with Gasteiger partial charge in [0.15, 0.2) is 18.4 Å². The second kappa shape index (κ2) is 14.6. The molecule has 250 valence electrons. The summed E-state index contributed by atoms with van der Waals surface area (Å²) in [6.45, 7) is 0.355. The number of Topliss-reactive ketones (excluding diaryl/α,β-unsaturated/α-hetero) is 1. The standard InChI is InChI=1S/C26H50N6O11/c27-2-1-3-32-12-6-13(34)14(8-28)40-24(12)43-23-11(29)4-10(5-17(35)26(39)7-16(26)30)22(21(23)38)42-25-20(37)18(31)19(36)15(9-33)41-25/h10-16,18-25,32-34,36-39H,1-9,27-31H2/t10-,11-,12+,13-,14+,15+,16?,18-,19+,20+,21+,22-,23+,24+,25+,26?/m0/s1. The zero-order chi connectivity index (χ0) is 31.6. The van der Waals surface area contributed by atoms with Crippen LogP contribution in [0.1, 0.15) is 32.1 Å². The van der Waals surface area contributed by atoms with Gasteiger partial charge in [-0.25, -0.2) is 0 Å². The van der Waals surface area contributed by atoms with Crippen molar-refractivity contribution < 1.29 is 54.4 Å². The molecule has 4 aliphatic rings. The Morgan fingerprint density at radius 1 is 0.930 bits per heavy atom. The minimum Gasteiger partial charge on any atom is -0.394 e. The Bertz CT molecular complexity index is 925. The van der Waals surface area contributed by atoms with Crippen LogP contribution in [0.5, 0.6) is 0 Å². The van der Waals surface area contributed by atoms with Crippen LogP contribution in [-0.4, -0.2) is 154 Å². The lowest BCUT2D eigenvalue weighted by atomic mass is 9.76. The number of nitrogens with two attached hydrogens (primary N) is 5. The summed E-state index contributed by atoms with van der Waals surface area (Å²) in [6.07, 6.45) is -11.2. The lowest BCUT2D eigenvalue weighted by Crippen LogP contribution is -2.66. The number of aliphatic hydroxyl groups excluding tert-OH is 5. The maximum atomic E-state index is 13.0. The zero-order valence-corrected chi connectivity index (χ0v) is 24.1. The highest BCUT2D eigenvalue weighted by atomic mass is 16.7. The van der Waals surface area contributed by atoms with Crippen molar-refractivity contribution in [3.63, 3.8) is 0 Å². The van der Waals surface area contributed by atoms with Crippen LogP contribution in [0.2, 0.25) is 0 Å². The molecule has 0 aromatic heterocycles. The molecule has 4 rings (SSSR count). The normalized spacial score (nSPS) is 48.7. The fourth-order valence-corrected chi connectivity index (χ4v) is 6.25. The molecular weight excluding hydrogens is 572 g/mol. The Kier molecular flexibility index (Phi) is 11.9. The summed E-state index contributed by atoms with van der Waals surface area (Å²) in [5, 5.41) is 66.6. The van der Waals surface area contributed by atoms with E-state index in [0.29, 0.717) is 19.5 Å². The molecule has 2 saturated carbocycles. The van der Waals surface area contributed by atoms with Gasteiger partial charge in [-0.2, -0.15) is 0 Å². The Balaban J connectivity index is 1.56. The molecule has 2 unspecified atom stereocenters. The second-order valence-electron chi connectivity index (χ2n) is 12.3. The molecule has 0 bridgehead atoms. The van der Waals surface area contributed by atoms with Gasteiger partial charge in [0, 0.05) is 31.5 Å². The molecule has 2 saturated heterocycles. The van der Waals surface area contributed by atoms with Gasteiger partial charge < -0.3 is 83.6 Å². The number of rotatable bonds is 13. The summed E-state index contributed by atoms with van der Waals surface area (Å²) >= 11 is 0. The molecule has 0 aromatic carbocycles. The molecule has 2 aliphatic heterocycles. The van der Waals surface area contributed by atoms with Gasteiger partial charge in [-0.1, -0.05) is 0 Å². The van der Waals surface area contributed by atoms with E-state index in [2.05, 4.69) is 5.32 Å². The van der Waals surface area contributed by atoms with Crippen LogP contribution >= 0.6 is 0 Å². The van der Waals surface area contributed by atoms with E-state index in [1.807, 2.05) is 0 Å². The topological polar surface area (TPSA) is 317 Å². The quantitative estimate of drug-likeness (QED) is 0.0849. The first-order valence-electron chi connectivity index (χ1n) is 15.0. The van der Waals surface area contributed by atoms with E-state index in [4.69, 9.17) is 47.6 Å². The van der Waals surface area contributed by atoms with Crippen molar-refractivity contribution in [3.05, 3.63) is 0 Å². The van der Waals surface area contributed by atoms with E-state index in [9.17, 15) is 35.4 Å². The molecular formula is C26H50N6O11. The largest absolute Gasteiger partial charge is 0.394 e. The third kappa shape index (κ3) is 7.54. The summed E-state index contributed by atoms with van der Waals surface area (Å²) in [4.78, 5) is 13.0. The predicted molar refractivity (Wildman–Crippen MR) is 149 cm³/mol. The third-order valence-electron chi connectivity index (χ3n) is 9.15. The fourth-order valence-electron chi connectivity index (χ4n) is 6.25. The number of ether oxygens (including phenoxy) is 4. The van der Waals surface area contributed by atoms with Gasteiger partial charge in [0.25, 0.3) is 0 Å². The molecule has 4 fully saturated rings. The highest BCUT2D eigenvalue weighted by molar-refractivity contribution is 5.91. The summed E-state index contributed by atoms with van der Waals surface area (Å²) < 4.78 is 23.9. The molecule has 43 heavy (non-hydrogen) atoms. The SMILES string of the molecule is NCCCN[C@@H]1C[C@H](O)[C@@H](CN)O[C@@H]1O[C@H]1[C@H](O)[C@@H](O[C@H]2O[C@H](CO)[C@@H](O)[C@H](N)[C@H]2O)[C@H](CC(=O)C2(O)CC2N)C[C@@H]1N. The maximum absolute atomic E-state index is 13.0. The van der Waals surface area contributed by atoms with E-state index < -0.39 is 109 Å². The average molecular weight is 623 g/mol. The molecule has 0 amide bonds. The van der Waals surface area contributed by atoms with Crippen molar-refractivity contribution in [1.29, 1.82) is 0 Å². The lowest BCUT2D eigenvalue weighted by molar-refractivity contribution is -0.320. The van der Waals surface area contributed by atoms with Crippen LogP contribution in [0.4, 0.5) is 0 Å². The van der Waals surface area contributed by atoms with Crippen molar-refractivity contribution in [2.75, 3.05) is 26.2 Å². The highest BCUT2D eigenvalue weighted by Crippen LogP contribution is 2.41. The predicted octanol–water partition coefficient (Wildman–Crippen LogP) is -6.61. The first-order chi connectivity index (χ1) is 20.4. The Labute approximate surface area is 249 Å². The van der Waals surface area contributed by atoms with Gasteiger partial charge in [0.2, 0.25) is 0 Å². The first-order valence-corrected chi connectivity index (χ1v) is 15.0. The molecule has 0 spiro atoms. The van der Waals surface area contributed by atoms with Gasteiger partial charge in [0.05, 0.1) is 37.0 Å². The van der Waals surface area contributed by atoms with Crippen molar-refractivity contribution in [1.82, 2.24) is 5.32 Å². The van der Waals surface area contributed by atoms with Crippen LogP contribution < -0.4 is 34.0 Å². The fraction of sp³-hybridized carbons (Fsp3) is 0.962. The van der Waals surface area contributed by atoms with Gasteiger partial charge in [-0.05, 0) is 38.3 Å². The monoisotopic (exact) mass is 622 g/mol. The van der Waals surface area contributed by atoms with E-state index in [1.165, 1.54) is 0 Å². The molecule has 2 aliphatic carbocycles. The Morgan fingerprint density at radius 3 is 2.19 bits per heavy atom. The summed E-state index contributed by atoms with van der Waals surface area (Å²) in [5.41, 5.74) is 27.9. The first kappa shape index (κ1) is 34.9. The number of ketones is 1. The van der Waals surface area contributed by atoms with E-state index >= 15 is 0 Å². The average Bonchev–Trinajstić information content (AvgIpc) is 3.60. The van der Waals surface area contributed by atoms with Gasteiger partial charge >= 0.3 is 0 Å². The van der Waals surface area contributed by atoms with E-state index in [0.717, 1.165) is 0 Å². The second-order valence-corrected chi connectivity index (χ2v) is 12.3. The molecule has 2 heterocycles. The Morgan fingerprint density at radius 2 is 1.58 bits per heavy atom. The van der Waals surface area contributed by atoms with Crippen molar-refractivity contribution in [2.45, 2.75) is 123 Å². The number of hydrogen-bond donors (Lipinski definition) is 12. The van der Waals surface area contributed by atoms with Gasteiger partial charge in [0.1, 0.15) is 36.1 Å². The molecule has 17 nitrogen and oxygen atoms in total. The summed E-state index contributed by atoms with van der Waals surface area (Å²) in [5.74, 6) is -1.31. The Hall–Kier alpha value is -0.970. The third-order valence-corrected chi connectivity index (χ3v) is 9.15. The smallest absolute Gasteiger partial charge is 0.186 e. The molecule has 17 N–H and O–H groups in total. The van der Waals surface area contributed by atoms with Crippen molar-refractivity contribution in [3.8, 4) is 0 Å². The molecule has 0 radical (unpaired) electrons. The highest BCUT2D eigenvalue weighted by Gasteiger charge is 2.58. The number of carbonyl (C=O) groups is 1. The molecule has 0 aromatic rings.